The predicted octanol–water partition coefficient (Wildman–Crippen LogP) is 4.00. The van der Waals surface area contributed by atoms with E-state index in [0.717, 1.165) is 31.7 Å². The SMILES string of the molecule is CCc1nn(CC)c(CNCC(C)(C)C(C)C)c1Br. The Hall–Kier alpha value is -0.350. The van der Waals surface area contributed by atoms with Crippen molar-refractivity contribution >= 4 is 15.9 Å². The molecule has 1 aromatic rings. The summed E-state index contributed by atoms with van der Waals surface area (Å²) in [5.74, 6) is 0.672. The molecule has 0 fully saturated rings. The van der Waals surface area contributed by atoms with Crippen molar-refractivity contribution in [2.75, 3.05) is 6.54 Å². The maximum Gasteiger partial charge on any atom is 0.0767 e. The Morgan fingerprint density at radius 1 is 1.32 bits per heavy atom. The van der Waals surface area contributed by atoms with Crippen molar-refractivity contribution in [3.63, 3.8) is 0 Å². The standard InChI is InChI=1S/C15H28BrN3/c1-7-12-14(16)13(19(8-2)18-12)9-17-10-15(5,6)11(3)4/h11,17H,7-10H2,1-6H3. The highest BCUT2D eigenvalue weighted by atomic mass is 79.9. The molecule has 0 saturated heterocycles. The van der Waals surface area contributed by atoms with Crippen molar-refractivity contribution in [2.45, 2.75) is 61.1 Å². The third-order valence-electron chi connectivity index (χ3n) is 4.13. The molecule has 0 amide bonds. The fourth-order valence-electron chi connectivity index (χ4n) is 1.89. The summed E-state index contributed by atoms with van der Waals surface area (Å²) >= 11 is 3.69. The van der Waals surface area contributed by atoms with Crippen LogP contribution in [0, 0.1) is 11.3 Å². The summed E-state index contributed by atoms with van der Waals surface area (Å²) in [6, 6.07) is 0. The highest BCUT2D eigenvalue weighted by molar-refractivity contribution is 9.10. The molecule has 0 aliphatic carbocycles. The second kappa shape index (κ2) is 6.89. The summed E-state index contributed by atoms with van der Waals surface area (Å²) in [7, 11) is 0. The maximum atomic E-state index is 4.63. The summed E-state index contributed by atoms with van der Waals surface area (Å²) in [5, 5.41) is 8.21. The van der Waals surface area contributed by atoms with Gasteiger partial charge in [0.25, 0.3) is 0 Å². The van der Waals surface area contributed by atoms with Gasteiger partial charge in [0.05, 0.1) is 15.9 Å². The average molecular weight is 330 g/mol. The average Bonchev–Trinajstić information content (AvgIpc) is 2.66. The highest BCUT2D eigenvalue weighted by Crippen LogP contribution is 2.26. The van der Waals surface area contributed by atoms with Crippen LogP contribution in [0.25, 0.3) is 0 Å². The number of hydrogen-bond acceptors (Lipinski definition) is 2. The molecule has 0 bridgehead atoms. The van der Waals surface area contributed by atoms with Gasteiger partial charge in [-0.25, -0.2) is 0 Å². The minimum Gasteiger partial charge on any atom is -0.311 e. The third kappa shape index (κ3) is 4.06. The maximum absolute atomic E-state index is 4.63. The first-order chi connectivity index (χ1) is 8.83. The van der Waals surface area contributed by atoms with Crippen molar-refractivity contribution < 1.29 is 0 Å². The van der Waals surface area contributed by atoms with E-state index in [4.69, 9.17) is 0 Å². The molecule has 4 heteroatoms. The smallest absolute Gasteiger partial charge is 0.0767 e. The van der Waals surface area contributed by atoms with Crippen LogP contribution in [0.2, 0.25) is 0 Å². The van der Waals surface area contributed by atoms with Crippen LogP contribution in [-0.4, -0.2) is 16.3 Å². The Balaban J connectivity index is 2.70. The summed E-state index contributed by atoms with van der Waals surface area (Å²) in [6.45, 7) is 16.3. The van der Waals surface area contributed by atoms with Crippen molar-refractivity contribution in [2.24, 2.45) is 11.3 Å². The number of nitrogens with one attached hydrogen (secondary N) is 1. The highest BCUT2D eigenvalue weighted by Gasteiger charge is 2.22. The molecule has 3 nitrogen and oxygen atoms in total. The Bertz CT molecular complexity index is 408. The number of nitrogens with zero attached hydrogens (tertiary/aromatic N) is 2. The van der Waals surface area contributed by atoms with Gasteiger partial charge >= 0.3 is 0 Å². The van der Waals surface area contributed by atoms with Gasteiger partial charge in [0.1, 0.15) is 0 Å². The van der Waals surface area contributed by atoms with Gasteiger partial charge in [-0.15, -0.1) is 0 Å². The zero-order chi connectivity index (χ0) is 14.6. The van der Waals surface area contributed by atoms with Gasteiger partial charge in [-0.05, 0) is 40.6 Å². The zero-order valence-electron chi connectivity index (χ0n) is 13.2. The molecule has 110 valence electrons. The minimum absolute atomic E-state index is 0.317. The summed E-state index contributed by atoms with van der Waals surface area (Å²) in [5.41, 5.74) is 2.73. The van der Waals surface area contributed by atoms with E-state index in [-0.39, 0.29) is 0 Å². The zero-order valence-corrected chi connectivity index (χ0v) is 14.8. The van der Waals surface area contributed by atoms with Crippen LogP contribution in [0.15, 0.2) is 4.47 Å². The van der Waals surface area contributed by atoms with E-state index < -0.39 is 0 Å². The second-order valence-corrected chi connectivity index (χ2v) is 6.92. The molecule has 0 aromatic carbocycles. The lowest BCUT2D eigenvalue weighted by Gasteiger charge is -2.29. The summed E-state index contributed by atoms with van der Waals surface area (Å²) < 4.78 is 3.27. The molecule has 1 N–H and O–H groups in total. The number of halogens is 1. The van der Waals surface area contributed by atoms with Gasteiger partial charge in [-0.3, -0.25) is 4.68 Å². The summed E-state index contributed by atoms with van der Waals surface area (Å²) in [4.78, 5) is 0. The Labute approximate surface area is 126 Å². The van der Waals surface area contributed by atoms with Crippen molar-refractivity contribution in [3.05, 3.63) is 15.9 Å². The monoisotopic (exact) mass is 329 g/mol. The number of rotatable bonds is 7. The lowest BCUT2D eigenvalue weighted by atomic mass is 9.81. The van der Waals surface area contributed by atoms with E-state index in [0.29, 0.717) is 11.3 Å². The lowest BCUT2D eigenvalue weighted by Crippen LogP contribution is -2.33. The van der Waals surface area contributed by atoms with Crippen molar-refractivity contribution in [3.8, 4) is 0 Å². The minimum atomic E-state index is 0.317. The van der Waals surface area contributed by atoms with Crippen molar-refractivity contribution in [1.29, 1.82) is 0 Å². The van der Waals surface area contributed by atoms with Gasteiger partial charge in [-0.1, -0.05) is 34.6 Å². The quantitative estimate of drug-likeness (QED) is 0.819. The Morgan fingerprint density at radius 3 is 2.42 bits per heavy atom. The van der Waals surface area contributed by atoms with E-state index in [1.165, 1.54) is 10.2 Å². The molecule has 0 unspecified atom stereocenters. The van der Waals surface area contributed by atoms with Crippen LogP contribution in [0.5, 0.6) is 0 Å². The molecule has 1 heterocycles. The molecule has 0 aliphatic rings. The first-order valence-electron chi connectivity index (χ1n) is 7.28. The van der Waals surface area contributed by atoms with Gasteiger partial charge in [0.2, 0.25) is 0 Å². The lowest BCUT2D eigenvalue weighted by molar-refractivity contribution is 0.237. The third-order valence-corrected chi connectivity index (χ3v) is 5.05. The van der Waals surface area contributed by atoms with Gasteiger partial charge in [0.15, 0.2) is 0 Å². The molecule has 1 rings (SSSR count). The Kier molecular flexibility index (Phi) is 6.06. The predicted molar refractivity (Wildman–Crippen MR) is 85.3 cm³/mol. The first kappa shape index (κ1) is 16.7. The number of aromatic nitrogens is 2. The fourth-order valence-corrected chi connectivity index (χ4v) is 2.60. The number of aryl methyl sites for hydroxylation is 2. The van der Waals surface area contributed by atoms with Crippen LogP contribution < -0.4 is 5.32 Å². The topological polar surface area (TPSA) is 29.9 Å². The van der Waals surface area contributed by atoms with Gasteiger partial charge in [0, 0.05) is 19.6 Å². The molecular formula is C15H28BrN3. The fraction of sp³-hybridized carbons (Fsp3) is 0.800. The molecule has 0 aliphatic heterocycles. The van der Waals surface area contributed by atoms with Crippen molar-refractivity contribution in [1.82, 2.24) is 15.1 Å². The molecule has 1 aromatic heterocycles. The van der Waals surface area contributed by atoms with E-state index in [1.807, 2.05) is 0 Å². The van der Waals surface area contributed by atoms with E-state index in [9.17, 15) is 0 Å². The van der Waals surface area contributed by atoms with E-state index in [2.05, 4.69) is 72.6 Å². The normalized spacial score (nSPS) is 12.4. The summed E-state index contributed by atoms with van der Waals surface area (Å²) in [6.07, 6.45) is 0.970. The number of hydrogen-bond donors (Lipinski definition) is 1. The molecule has 19 heavy (non-hydrogen) atoms. The van der Waals surface area contributed by atoms with Gasteiger partial charge < -0.3 is 5.32 Å². The van der Waals surface area contributed by atoms with Crippen LogP contribution >= 0.6 is 15.9 Å². The van der Waals surface area contributed by atoms with Crippen LogP contribution in [0.4, 0.5) is 0 Å². The van der Waals surface area contributed by atoms with Crippen LogP contribution in [0.1, 0.15) is 52.9 Å². The largest absolute Gasteiger partial charge is 0.311 e. The molecule has 0 saturated carbocycles. The second-order valence-electron chi connectivity index (χ2n) is 6.12. The van der Waals surface area contributed by atoms with E-state index in [1.54, 1.807) is 0 Å². The van der Waals surface area contributed by atoms with Crippen LogP contribution in [-0.2, 0) is 19.5 Å². The van der Waals surface area contributed by atoms with Gasteiger partial charge in [-0.2, -0.15) is 5.10 Å². The van der Waals surface area contributed by atoms with Crippen LogP contribution in [0.3, 0.4) is 0 Å². The van der Waals surface area contributed by atoms with E-state index >= 15 is 0 Å². The molecular weight excluding hydrogens is 302 g/mol. The first-order valence-corrected chi connectivity index (χ1v) is 8.07. The molecule has 0 spiro atoms. The Morgan fingerprint density at radius 2 is 1.95 bits per heavy atom. The molecule has 0 atom stereocenters. The molecule has 0 radical (unpaired) electrons.